The highest BCUT2D eigenvalue weighted by molar-refractivity contribution is 7.17. The minimum absolute atomic E-state index is 0.0263. The van der Waals surface area contributed by atoms with Gasteiger partial charge in [-0.2, -0.15) is 0 Å². The highest BCUT2D eigenvalue weighted by Gasteiger charge is 2.28. The number of thiazole rings is 2. The quantitative estimate of drug-likeness (QED) is 0.371. The maximum atomic E-state index is 12.9. The third kappa shape index (κ3) is 9.54. The summed E-state index contributed by atoms with van der Waals surface area (Å²) >= 11 is 2.50. The van der Waals surface area contributed by atoms with E-state index in [0.717, 1.165) is 22.0 Å². The van der Waals surface area contributed by atoms with Crippen LogP contribution in [0.15, 0.2) is 42.7 Å². The zero-order valence-corrected chi connectivity index (χ0v) is 28.8. The zero-order valence-electron chi connectivity index (χ0n) is 27.2. The van der Waals surface area contributed by atoms with Crippen molar-refractivity contribution >= 4 is 57.0 Å². The standard InChI is InChI=1S/C22H30N4O3S.C9H11N3O4S/c1-16(17-9-7-6-8-10-17)24(5)19(27)18-15-23-20(30-18)25-11-13-26(14-12-25)21(28)29-22(2,3)4;13-7(14)6-5-10-8(17-6)11-1-3-12(4-2-11)9(15)16/h6-10,15-16H,11-14H2,1-5H3;5H,1-4H2,(H,13,14)(H,15,16)/t16-;/m1./s1. The van der Waals surface area contributed by atoms with Gasteiger partial charge in [-0.1, -0.05) is 53.0 Å². The molecular formula is C31H41N7O7S2. The van der Waals surface area contributed by atoms with Gasteiger partial charge in [0.15, 0.2) is 10.3 Å². The van der Waals surface area contributed by atoms with E-state index in [9.17, 15) is 19.2 Å². The van der Waals surface area contributed by atoms with E-state index in [2.05, 4.69) is 14.9 Å². The number of hydrogen-bond donors (Lipinski definition) is 2. The molecule has 2 saturated heterocycles. The predicted octanol–water partition coefficient (Wildman–Crippen LogP) is 4.67. The number of carboxylic acid groups (broad SMARTS) is 2. The van der Waals surface area contributed by atoms with Crippen LogP contribution in [-0.2, 0) is 4.74 Å². The Labute approximate surface area is 281 Å². The van der Waals surface area contributed by atoms with E-state index in [0.29, 0.717) is 62.4 Å². The molecule has 1 aromatic carbocycles. The van der Waals surface area contributed by atoms with E-state index in [4.69, 9.17) is 14.9 Å². The molecule has 16 heteroatoms. The summed E-state index contributed by atoms with van der Waals surface area (Å²) in [6.45, 7) is 12.0. The molecule has 5 rings (SSSR count). The van der Waals surface area contributed by atoms with Crippen LogP contribution in [0.2, 0.25) is 0 Å². The molecule has 0 bridgehead atoms. The number of rotatable bonds is 6. The van der Waals surface area contributed by atoms with Gasteiger partial charge in [0.1, 0.15) is 15.4 Å². The fourth-order valence-corrected chi connectivity index (χ4v) is 6.58. The first kappa shape index (κ1) is 35.4. The molecular weight excluding hydrogens is 647 g/mol. The van der Waals surface area contributed by atoms with Crippen molar-refractivity contribution in [3.05, 3.63) is 58.0 Å². The number of hydrogen-bond acceptors (Lipinski definition) is 11. The van der Waals surface area contributed by atoms with E-state index < -0.39 is 17.7 Å². The van der Waals surface area contributed by atoms with Crippen LogP contribution in [0.1, 0.15) is 58.6 Å². The molecule has 0 radical (unpaired) electrons. The van der Waals surface area contributed by atoms with E-state index in [1.807, 2.05) is 70.0 Å². The SMILES string of the molecule is C[C@H](c1ccccc1)N(C)C(=O)c1cnc(N2CCN(C(=O)OC(C)(C)C)CC2)s1.O=C(O)c1cnc(N2CCN(C(=O)O)CC2)s1. The van der Waals surface area contributed by atoms with Crippen molar-refractivity contribution in [1.82, 2.24) is 24.7 Å². The van der Waals surface area contributed by atoms with Gasteiger partial charge in [-0.3, -0.25) is 4.79 Å². The molecule has 2 fully saturated rings. The number of carbonyl (C=O) groups is 4. The lowest BCUT2D eigenvalue weighted by atomic mass is 10.1. The van der Waals surface area contributed by atoms with Gasteiger partial charge >= 0.3 is 18.2 Å². The smallest absolute Gasteiger partial charge is 0.410 e. The van der Waals surface area contributed by atoms with Crippen LogP contribution in [0.5, 0.6) is 0 Å². The van der Waals surface area contributed by atoms with Crippen molar-refractivity contribution in [2.75, 3.05) is 69.2 Å². The van der Waals surface area contributed by atoms with Crippen LogP contribution < -0.4 is 9.80 Å². The zero-order chi connectivity index (χ0) is 34.3. The lowest BCUT2D eigenvalue weighted by Gasteiger charge is -2.35. The fourth-order valence-electron chi connectivity index (χ4n) is 4.82. The summed E-state index contributed by atoms with van der Waals surface area (Å²) in [6.07, 6.45) is 1.77. The first-order chi connectivity index (χ1) is 22.2. The lowest BCUT2D eigenvalue weighted by molar-refractivity contribution is 0.0240. The summed E-state index contributed by atoms with van der Waals surface area (Å²) < 4.78 is 5.44. The van der Waals surface area contributed by atoms with Crippen molar-refractivity contribution in [3.8, 4) is 0 Å². The number of carbonyl (C=O) groups excluding carboxylic acids is 2. The molecule has 3 amide bonds. The second-order valence-electron chi connectivity index (χ2n) is 12.0. The molecule has 0 saturated carbocycles. The van der Waals surface area contributed by atoms with Crippen LogP contribution >= 0.6 is 22.7 Å². The summed E-state index contributed by atoms with van der Waals surface area (Å²) in [7, 11) is 1.82. The van der Waals surface area contributed by atoms with Gasteiger partial charge in [0.25, 0.3) is 5.91 Å². The molecule has 3 aromatic rings. The van der Waals surface area contributed by atoms with E-state index in [1.54, 1.807) is 16.0 Å². The molecule has 47 heavy (non-hydrogen) atoms. The Hall–Kier alpha value is -4.44. The number of benzene rings is 1. The van der Waals surface area contributed by atoms with Crippen molar-refractivity contribution in [1.29, 1.82) is 0 Å². The summed E-state index contributed by atoms with van der Waals surface area (Å²) in [5.74, 6) is -1.03. The third-order valence-electron chi connectivity index (χ3n) is 7.61. The van der Waals surface area contributed by atoms with E-state index in [-0.39, 0.29) is 22.9 Å². The summed E-state index contributed by atoms with van der Waals surface area (Å²) in [4.78, 5) is 64.7. The summed E-state index contributed by atoms with van der Waals surface area (Å²) in [6, 6.07) is 9.95. The number of aromatic nitrogens is 2. The monoisotopic (exact) mass is 687 g/mol. The van der Waals surface area contributed by atoms with Crippen molar-refractivity contribution in [2.45, 2.75) is 39.3 Å². The highest BCUT2D eigenvalue weighted by Crippen LogP contribution is 2.28. The van der Waals surface area contributed by atoms with Crippen LogP contribution in [0.4, 0.5) is 19.9 Å². The number of amides is 3. The molecule has 0 unspecified atom stereocenters. The Morgan fingerprint density at radius 3 is 1.77 bits per heavy atom. The van der Waals surface area contributed by atoms with Crippen LogP contribution in [0, 0.1) is 0 Å². The Kier molecular flexibility index (Phi) is 11.6. The van der Waals surface area contributed by atoms with Crippen molar-refractivity contribution < 1.29 is 34.1 Å². The molecule has 4 heterocycles. The Bertz CT molecular complexity index is 1530. The van der Waals surface area contributed by atoms with Gasteiger partial charge in [0.05, 0.1) is 18.4 Å². The maximum Gasteiger partial charge on any atom is 0.410 e. The molecule has 254 valence electrons. The molecule has 0 spiro atoms. The van der Waals surface area contributed by atoms with Gasteiger partial charge in [0.2, 0.25) is 0 Å². The van der Waals surface area contributed by atoms with Gasteiger partial charge in [0, 0.05) is 59.4 Å². The number of anilines is 2. The normalized spacial score (nSPS) is 15.8. The first-order valence-corrected chi connectivity index (χ1v) is 16.8. The first-order valence-electron chi connectivity index (χ1n) is 15.2. The van der Waals surface area contributed by atoms with Gasteiger partial charge in [-0.05, 0) is 33.3 Å². The molecule has 1 atom stereocenters. The van der Waals surface area contributed by atoms with Crippen molar-refractivity contribution in [3.63, 3.8) is 0 Å². The molecule has 14 nitrogen and oxygen atoms in total. The summed E-state index contributed by atoms with van der Waals surface area (Å²) in [5.41, 5.74) is 0.596. The molecule has 2 aromatic heterocycles. The minimum atomic E-state index is -0.988. The number of piperazine rings is 2. The Morgan fingerprint density at radius 2 is 1.30 bits per heavy atom. The van der Waals surface area contributed by atoms with Crippen LogP contribution in [-0.4, -0.2) is 124 Å². The largest absolute Gasteiger partial charge is 0.477 e. The maximum absolute atomic E-state index is 12.9. The van der Waals surface area contributed by atoms with E-state index in [1.165, 1.54) is 22.4 Å². The second kappa shape index (κ2) is 15.4. The molecule has 2 N–H and O–H groups in total. The van der Waals surface area contributed by atoms with Crippen LogP contribution in [0.3, 0.4) is 0 Å². The summed E-state index contributed by atoms with van der Waals surface area (Å²) in [5, 5.41) is 19.0. The topological polar surface area (TPSA) is 160 Å². The van der Waals surface area contributed by atoms with Crippen molar-refractivity contribution in [2.24, 2.45) is 0 Å². The highest BCUT2D eigenvalue weighted by atomic mass is 32.1. The lowest BCUT2D eigenvalue weighted by Crippen LogP contribution is -2.50. The average molecular weight is 688 g/mol. The molecule has 2 aliphatic rings. The molecule has 2 aliphatic heterocycles. The van der Waals surface area contributed by atoms with Gasteiger partial charge < -0.3 is 39.4 Å². The van der Waals surface area contributed by atoms with Gasteiger partial charge in [-0.25, -0.2) is 24.4 Å². The average Bonchev–Trinajstić information content (AvgIpc) is 3.75. The second-order valence-corrected chi connectivity index (χ2v) is 14.1. The number of aromatic carboxylic acids is 1. The number of carboxylic acids is 1. The Balaban J connectivity index is 0.000000248. The minimum Gasteiger partial charge on any atom is -0.477 e. The molecule has 0 aliphatic carbocycles. The van der Waals surface area contributed by atoms with Crippen LogP contribution in [0.25, 0.3) is 0 Å². The number of nitrogens with zero attached hydrogens (tertiary/aromatic N) is 7. The number of ether oxygens (including phenoxy) is 1. The predicted molar refractivity (Wildman–Crippen MR) is 180 cm³/mol. The fraction of sp³-hybridized carbons (Fsp3) is 0.484. The van der Waals surface area contributed by atoms with Gasteiger partial charge in [-0.15, -0.1) is 0 Å². The third-order valence-corrected chi connectivity index (χ3v) is 9.71. The van der Waals surface area contributed by atoms with E-state index >= 15 is 0 Å². The Morgan fingerprint density at radius 1 is 0.809 bits per heavy atom.